The fourth-order valence-electron chi connectivity index (χ4n) is 3.70. The Balaban J connectivity index is 2.04. The first-order valence-electron chi connectivity index (χ1n) is 7.44. The number of rotatable bonds is 2. The summed E-state index contributed by atoms with van der Waals surface area (Å²) >= 11 is 0. The Bertz CT molecular complexity index is 317. The second-order valence-corrected chi connectivity index (χ2v) is 6.41. The van der Waals surface area contributed by atoms with Crippen LogP contribution in [0, 0.1) is 5.92 Å². The molecule has 2 rings (SSSR count). The standard InChI is InChI=1S/C14H25F3N2O/c1-10-7-19(8-11(2)20-10)13(9-18)5-3-12(4-6-13)14(15,16)17/h10-12H,3-9,18H2,1-2H3. The van der Waals surface area contributed by atoms with Gasteiger partial charge in [0.25, 0.3) is 0 Å². The van der Waals surface area contributed by atoms with Crippen molar-refractivity contribution in [2.45, 2.75) is 63.5 Å². The van der Waals surface area contributed by atoms with Crippen molar-refractivity contribution in [3.63, 3.8) is 0 Å². The van der Waals surface area contributed by atoms with Crippen LogP contribution in [-0.2, 0) is 4.74 Å². The van der Waals surface area contributed by atoms with E-state index in [-0.39, 0.29) is 30.6 Å². The van der Waals surface area contributed by atoms with Gasteiger partial charge in [0.15, 0.2) is 0 Å². The van der Waals surface area contributed by atoms with Crippen LogP contribution >= 0.6 is 0 Å². The topological polar surface area (TPSA) is 38.5 Å². The van der Waals surface area contributed by atoms with Gasteiger partial charge in [0.05, 0.1) is 18.1 Å². The molecule has 0 aromatic carbocycles. The van der Waals surface area contributed by atoms with E-state index in [0.29, 0.717) is 19.4 Å². The Kier molecular flexibility index (Phi) is 4.66. The summed E-state index contributed by atoms with van der Waals surface area (Å²) in [6, 6.07) is 0. The molecular weight excluding hydrogens is 269 g/mol. The third-order valence-electron chi connectivity index (χ3n) is 4.85. The summed E-state index contributed by atoms with van der Waals surface area (Å²) in [4.78, 5) is 2.28. The van der Waals surface area contributed by atoms with Crippen LogP contribution in [0.4, 0.5) is 13.2 Å². The largest absolute Gasteiger partial charge is 0.391 e. The first-order chi connectivity index (χ1) is 9.27. The third-order valence-corrected chi connectivity index (χ3v) is 4.85. The van der Waals surface area contributed by atoms with Crippen LogP contribution in [0.5, 0.6) is 0 Å². The molecule has 1 saturated heterocycles. The first kappa shape index (κ1) is 16.0. The minimum atomic E-state index is -4.06. The Labute approximate surface area is 118 Å². The van der Waals surface area contributed by atoms with Gasteiger partial charge in [-0.05, 0) is 39.5 Å². The number of ether oxygens (including phenoxy) is 1. The monoisotopic (exact) mass is 294 g/mol. The quantitative estimate of drug-likeness (QED) is 0.850. The van der Waals surface area contributed by atoms with Crippen molar-refractivity contribution in [1.82, 2.24) is 4.90 Å². The predicted octanol–water partition coefficient (Wildman–Crippen LogP) is 2.55. The van der Waals surface area contributed by atoms with Crippen LogP contribution in [0.2, 0.25) is 0 Å². The number of hydrogen-bond donors (Lipinski definition) is 1. The highest BCUT2D eigenvalue weighted by Crippen LogP contribution is 2.43. The summed E-state index contributed by atoms with van der Waals surface area (Å²) in [5.74, 6) is -1.15. The molecule has 0 spiro atoms. The maximum Gasteiger partial charge on any atom is 0.391 e. The highest BCUT2D eigenvalue weighted by Gasteiger charge is 2.48. The summed E-state index contributed by atoms with van der Waals surface area (Å²) in [6.45, 7) is 5.97. The Morgan fingerprint density at radius 3 is 2.05 bits per heavy atom. The van der Waals surface area contributed by atoms with E-state index in [1.807, 2.05) is 13.8 Å². The van der Waals surface area contributed by atoms with Crippen molar-refractivity contribution in [2.24, 2.45) is 11.7 Å². The minimum absolute atomic E-state index is 0.113. The van der Waals surface area contributed by atoms with Crippen molar-refractivity contribution in [3.8, 4) is 0 Å². The van der Waals surface area contributed by atoms with E-state index in [1.165, 1.54) is 0 Å². The molecule has 6 heteroatoms. The lowest BCUT2D eigenvalue weighted by atomic mass is 9.74. The minimum Gasteiger partial charge on any atom is -0.373 e. The Morgan fingerprint density at radius 1 is 1.15 bits per heavy atom. The number of morpholine rings is 1. The summed E-state index contributed by atoms with van der Waals surface area (Å²) in [7, 11) is 0. The van der Waals surface area contributed by atoms with Gasteiger partial charge in [-0.25, -0.2) is 0 Å². The average Bonchev–Trinajstić information content (AvgIpc) is 2.36. The van der Waals surface area contributed by atoms with Crippen LogP contribution < -0.4 is 5.73 Å². The maximum atomic E-state index is 12.8. The molecule has 2 aliphatic rings. The molecule has 0 amide bonds. The van der Waals surface area contributed by atoms with Gasteiger partial charge in [-0.2, -0.15) is 13.2 Å². The zero-order valence-corrected chi connectivity index (χ0v) is 12.2. The van der Waals surface area contributed by atoms with Gasteiger partial charge in [0.2, 0.25) is 0 Å². The molecule has 1 aliphatic carbocycles. The van der Waals surface area contributed by atoms with Gasteiger partial charge >= 0.3 is 6.18 Å². The van der Waals surface area contributed by atoms with E-state index in [9.17, 15) is 13.2 Å². The second-order valence-electron chi connectivity index (χ2n) is 6.41. The first-order valence-corrected chi connectivity index (χ1v) is 7.44. The highest BCUT2D eigenvalue weighted by atomic mass is 19.4. The molecule has 1 saturated carbocycles. The maximum absolute atomic E-state index is 12.8. The van der Waals surface area contributed by atoms with Gasteiger partial charge in [0.1, 0.15) is 0 Å². The van der Waals surface area contributed by atoms with Gasteiger partial charge in [0, 0.05) is 25.2 Å². The Morgan fingerprint density at radius 2 is 1.65 bits per heavy atom. The molecule has 118 valence electrons. The van der Waals surface area contributed by atoms with Gasteiger partial charge in [-0.1, -0.05) is 0 Å². The Hall–Kier alpha value is -0.330. The van der Waals surface area contributed by atoms with E-state index in [4.69, 9.17) is 10.5 Å². The van der Waals surface area contributed by atoms with Crippen LogP contribution in [0.1, 0.15) is 39.5 Å². The van der Waals surface area contributed by atoms with E-state index in [1.54, 1.807) is 0 Å². The smallest absolute Gasteiger partial charge is 0.373 e. The van der Waals surface area contributed by atoms with E-state index >= 15 is 0 Å². The molecular formula is C14H25F3N2O. The van der Waals surface area contributed by atoms with Crippen LogP contribution in [0.3, 0.4) is 0 Å². The van der Waals surface area contributed by atoms with Gasteiger partial charge < -0.3 is 10.5 Å². The fourth-order valence-corrected chi connectivity index (χ4v) is 3.70. The predicted molar refractivity (Wildman–Crippen MR) is 71.4 cm³/mol. The van der Waals surface area contributed by atoms with E-state index in [2.05, 4.69) is 4.90 Å². The molecule has 0 aromatic heterocycles. The van der Waals surface area contributed by atoms with E-state index in [0.717, 1.165) is 13.1 Å². The van der Waals surface area contributed by atoms with Crippen molar-refractivity contribution in [2.75, 3.05) is 19.6 Å². The van der Waals surface area contributed by atoms with Crippen LogP contribution in [0.25, 0.3) is 0 Å². The highest BCUT2D eigenvalue weighted by molar-refractivity contribution is 4.99. The molecule has 1 heterocycles. The zero-order chi connectivity index (χ0) is 15.0. The molecule has 20 heavy (non-hydrogen) atoms. The molecule has 3 nitrogen and oxygen atoms in total. The number of hydrogen-bond acceptors (Lipinski definition) is 3. The normalized spacial score (nSPS) is 40.8. The van der Waals surface area contributed by atoms with Gasteiger partial charge in [-0.15, -0.1) is 0 Å². The molecule has 2 N–H and O–H groups in total. The average molecular weight is 294 g/mol. The summed E-state index contributed by atoms with van der Waals surface area (Å²) in [5.41, 5.74) is 5.68. The molecule has 0 bridgehead atoms. The summed E-state index contributed by atoms with van der Waals surface area (Å²) in [5, 5.41) is 0. The molecule has 2 atom stereocenters. The summed E-state index contributed by atoms with van der Waals surface area (Å²) in [6.07, 6.45) is -2.38. The van der Waals surface area contributed by atoms with E-state index < -0.39 is 12.1 Å². The molecule has 0 aromatic rings. The van der Waals surface area contributed by atoms with Crippen LogP contribution in [0.15, 0.2) is 0 Å². The number of nitrogens with zero attached hydrogens (tertiary/aromatic N) is 1. The lowest BCUT2D eigenvalue weighted by Crippen LogP contribution is -2.62. The number of alkyl halides is 3. The number of nitrogens with two attached hydrogens (primary N) is 1. The van der Waals surface area contributed by atoms with Crippen molar-refractivity contribution in [1.29, 1.82) is 0 Å². The number of halogens is 3. The lowest BCUT2D eigenvalue weighted by molar-refractivity contribution is -0.192. The lowest BCUT2D eigenvalue weighted by Gasteiger charge is -2.51. The third kappa shape index (κ3) is 3.28. The molecule has 1 aliphatic heterocycles. The molecule has 0 radical (unpaired) electrons. The molecule has 2 fully saturated rings. The zero-order valence-electron chi connectivity index (χ0n) is 12.2. The van der Waals surface area contributed by atoms with Gasteiger partial charge in [-0.3, -0.25) is 4.90 Å². The van der Waals surface area contributed by atoms with Crippen molar-refractivity contribution < 1.29 is 17.9 Å². The second kappa shape index (κ2) is 5.81. The van der Waals surface area contributed by atoms with Crippen LogP contribution in [-0.4, -0.2) is 48.5 Å². The summed E-state index contributed by atoms with van der Waals surface area (Å²) < 4.78 is 44.1. The SMILES string of the molecule is CC1CN(C2(CN)CCC(C(F)(F)F)CC2)CC(C)O1. The van der Waals surface area contributed by atoms with Crippen molar-refractivity contribution in [3.05, 3.63) is 0 Å². The van der Waals surface area contributed by atoms with Crippen molar-refractivity contribution >= 4 is 0 Å². The fraction of sp³-hybridized carbons (Fsp3) is 1.00. The molecule has 2 unspecified atom stereocenters.